The number of aromatic nitrogens is 1. The van der Waals surface area contributed by atoms with E-state index < -0.39 is 0 Å². The van der Waals surface area contributed by atoms with Gasteiger partial charge < -0.3 is 15.7 Å². The van der Waals surface area contributed by atoms with Gasteiger partial charge in [0, 0.05) is 11.8 Å². The normalized spacial score (nSPS) is 17.4. The van der Waals surface area contributed by atoms with Crippen molar-refractivity contribution in [1.29, 1.82) is 0 Å². The van der Waals surface area contributed by atoms with Crippen molar-refractivity contribution in [3.8, 4) is 5.88 Å². The second-order valence-corrected chi connectivity index (χ2v) is 5.16. The molecule has 0 spiro atoms. The first-order valence-electron chi connectivity index (χ1n) is 6.47. The Bertz CT molecular complexity index is 459. The second-order valence-electron chi connectivity index (χ2n) is 4.78. The quantitative estimate of drug-likeness (QED) is 0.385. The first-order valence-corrected chi connectivity index (χ1v) is 6.85. The Labute approximate surface area is 117 Å². The molecule has 0 bridgehead atoms. The maximum atomic E-state index is 8.68. The molecular weight excluding hydrogens is 266 g/mol. The van der Waals surface area contributed by atoms with Crippen LogP contribution in [0.4, 0.5) is 0 Å². The molecule has 0 amide bonds. The summed E-state index contributed by atoms with van der Waals surface area (Å²) in [5.41, 5.74) is 5.96. The average Bonchev–Trinajstić information content (AvgIpc) is 2.46. The van der Waals surface area contributed by atoms with Crippen molar-refractivity contribution in [3.05, 3.63) is 22.8 Å². The van der Waals surface area contributed by atoms with Gasteiger partial charge in [-0.05, 0) is 24.8 Å². The van der Waals surface area contributed by atoms with E-state index in [9.17, 15) is 0 Å². The molecule has 0 unspecified atom stereocenters. The maximum absolute atomic E-state index is 8.68. The Kier molecular flexibility index (Phi) is 4.85. The summed E-state index contributed by atoms with van der Waals surface area (Å²) < 4.78 is 5.68. The minimum absolute atomic E-state index is 0.0464. The van der Waals surface area contributed by atoms with Gasteiger partial charge in [-0.25, -0.2) is 4.98 Å². The van der Waals surface area contributed by atoms with Crippen LogP contribution >= 0.6 is 11.6 Å². The highest BCUT2D eigenvalue weighted by atomic mass is 35.5. The number of pyridine rings is 1. The fourth-order valence-electron chi connectivity index (χ4n) is 2.33. The van der Waals surface area contributed by atoms with Crippen LogP contribution in [0.2, 0.25) is 5.02 Å². The van der Waals surface area contributed by atoms with Gasteiger partial charge in [-0.15, -0.1) is 0 Å². The van der Waals surface area contributed by atoms with Crippen LogP contribution in [-0.2, 0) is 0 Å². The molecule has 104 valence electrons. The monoisotopic (exact) mass is 283 g/mol. The van der Waals surface area contributed by atoms with E-state index in [0.29, 0.717) is 24.0 Å². The number of amidine groups is 1. The summed E-state index contributed by atoms with van der Waals surface area (Å²) in [6, 6.07) is 1.59. The molecule has 1 aliphatic rings. The van der Waals surface area contributed by atoms with E-state index >= 15 is 0 Å². The van der Waals surface area contributed by atoms with E-state index in [1.54, 1.807) is 6.07 Å². The molecule has 1 aliphatic carbocycles. The number of oxime groups is 1. The van der Waals surface area contributed by atoms with Crippen LogP contribution < -0.4 is 10.5 Å². The van der Waals surface area contributed by atoms with Crippen LogP contribution in [-0.4, -0.2) is 22.6 Å². The van der Waals surface area contributed by atoms with E-state index in [2.05, 4.69) is 10.1 Å². The lowest BCUT2D eigenvalue weighted by molar-refractivity contribution is 0.203. The summed E-state index contributed by atoms with van der Waals surface area (Å²) in [6.45, 7) is 0.617. The molecule has 6 heteroatoms. The molecule has 5 nitrogen and oxygen atoms in total. The van der Waals surface area contributed by atoms with Crippen LogP contribution in [0, 0.1) is 5.92 Å². The van der Waals surface area contributed by atoms with Gasteiger partial charge in [-0.2, -0.15) is 0 Å². The summed E-state index contributed by atoms with van der Waals surface area (Å²) in [4.78, 5) is 4.09. The summed E-state index contributed by atoms with van der Waals surface area (Å²) in [5, 5.41) is 11.9. The zero-order chi connectivity index (χ0) is 13.7. The molecule has 1 saturated carbocycles. The Hall–Kier alpha value is -1.49. The van der Waals surface area contributed by atoms with Crippen molar-refractivity contribution in [2.45, 2.75) is 32.1 Å². The number of rotatable bonds is 4. The molecular formula is C13H18ClN3O2. The number of nitrogens with two attached hydrogens (primary N) is 1. The topological polar surface area (TPSA) is 80.7 Å². The Morgan fingerprint density at radius 2 is 2.21 bits per heavy atom. The average molecular weight is 284 g/mol. The predicted octanol–water partition coefficient (Wildman–Crippen LogP) is 2.79. The first kappa shape index (κ1) is 13.9. The van der Waals surface area contributed by atoms with Crippen LogP contribution in [0.5, 0.6) is 5.88 Å². The molecule has 1 fully saturated rings. The summed E-state index contributed by atoms with van der Waals surface area (Å²) in [5.74, 6) is 0.866. The number of hydrogen-bond acceptors (Lipinski definition) is 4. The fourth-order valence-corrected chi connectivity index (χ4v) is 2.59. The first-order chi connectivity index (χ1) is 9.22. The number of nitrogens with zero attached hydrogens (tertiary/aromatic N) is 2. The zero-order valence-electron chi connectivity index (χ0n) is 10.7. The Morgan fingerprint density at radius 1 is 1.47 bits per heavy atom. The minimum atomic E-state index is -0.0464. The van der Waals surface area contributed by atoms with E-state index in [4.69, 9.17) is 27.3 Å². The van der Waals surface area contributed by atoms with Gasteiger partial charge in [-0.3, -0.25) is 0 Å². The van der Waals surface area contributed by atoms with Crippen molar-refractivity contribution in [3.63, 3.8) is 0 Å². The molecule has 0 aromatic carbocycles. The van der Waals surface area contributed by atoms with Gasteiger partial charge >= 0.3 is 0 Å². The van der Waals surface area contributed by atoms with Crippen LogP contribution in [0.3, 0.4) is 0 Å². The van der Waals surface area contributed by atoms with Gasteiger partial charge in [0.15, 0.2) is 5.84 Å². The SMILES string of the molecule is N/C(=N/O)c1ccnc(OCC2CCCCC2)c1Cl. The van der Waals surface area contributed by atoms with Gasteiger partial charge in [0.2, 0.25) is 5.88 Å². The minimum Gasteiger partial charge on any atom is -0.476 e. The van der Waals surface area contributed by atoms with Crippen molar-refractivity contribution < 1.29 is 9.94 Å². The van der Waals surface area contributed by atoms with Gasteiger partial charge in [0.05, 0.1) is 6.61 Å². The maximum Gasteiger partial charge on any atom is 0.233 e. The summed E-state index contributed by atoms with van der Waals surface area (Å²) in [7, 11) is 0. The van der Waals surface area contributed by atoms with Crippen molar-refractivity contribution in [2.75, 3.05) is 6.61 Å². The molecule has 0 saturated heterocycles. The zero-order valence-corrected chi connectivity index (χ0v) is 11.4. The molecule has 3 N–H and O–H groups in total. The van der Waals surface area contributed by atoms with E-state index in [1.165, 1.54) is 38.3 Å². The largest absolute Gasteiger partial charge is 0.476 e. The molecule has 19 heavy (non-hydrogen) atoms. The third kappa shape index (κ3) is 3.50. The van der Waals surface area contributed by atoms with Crippen LogP contribution in [0.25, 0.3) is 0 Å². The predicted molar refractivity (Wildman–Crippen MR) is 73.8 cm³/mol. The van der Waals surface area contributed by atoms with E-state index in [0.717, 1.165) is 0 Å². The molecule has 1 heterocycles. The molecule has 1 aromatic heterocycles. The Balaban J connectivity index is 2.04. The van der Waals surface area contributed by atoms with Gasteiger partial charge in [0.1, 0.15) is 5.02 Å². The highest BCUT2D eigenvalue weighted by Crippen LogP contribution is 2.28. The smallest absolute Gasteiger partial charge is 0.233 e. The van der Waals surface area contributed by atoms with Crippen molar-refractivity contribution in [2.24, 2.45) is 16.8 Å². The van der Waals surface area contributed by atoms with Gasteiger partial charge in [-0.1, -0.05) is 36.0 Å². The number of ether oxygens (including phenoxy) is 1. The standard InChI is InChI=1S/C13H18ClN3O2/c14-11-10(12(15)17-18)6-7-16-13(11)19-8-9-4-2-1-3-5-9/h6-7,9,18H,1-5,8H2,(H2,15,17). The van der Waals surface area contributed by atoms with E-state index in [1.807, 2.05) is 0 Å². The highest BCUT2D eigenvalue weighted by Gasteiger charge is 2.17. The summed E-state index contributed by atoms with van der Waals surface area (Å²) >= 11 is 6.14. The van der Waals surface area contributed by atoms with Crippen molar-refractivity contribution >= 4 is 17.4 Å². The molecule has 0 radical (unpaired) electrons. The third-order valence-electron chi connectivity index (χ3n) is 3.42. The van der Waals surface area contributed by atoms with Crippen LogP contribution in [0.15, 0.2) is 17.4 Å². The van der Waals surface area contributed by atoms with Crippen LogP contribution in [0.1, 0.15) is 37.7 Å². The molecule has 0 aliphatic heterocycles. The molecule has 1 aromatic rings. The molecule has 0 atom stereocenters. The highest BCUT2D eigenvalue weighted by molar-refractivity contribution is 6.35. The number of halogens is 1. The second kappa shape index (κ2) is 6.61. The fraction of sp³-hybridized carbons (Fsp3) is 0.538. The lowest BCUT2D eigenvalue weighted by Gasteiger charge is -2.21. The van der Waals surface area contributed by atoms with Gasteiger partial charge in [0.25, 0.3) is 0 Å². The van der Waals surface area contributed by atoms with Crippen molar-refractivity contribution in [1.82, 2.24) is 4.98 Å². The number of hydrogen-bond donors (Lipinski definition) is 2. The van der Waals surface area contributed by atoms with E-state index in [-0.39, 0.29) is 10.9 Å². The Morgan fingerprint density at radius 3 is 2.89 bits per heavy atom. The molecule has 2 rings (SSSR count). The summed E-state index contributed by atoms with van der Waals surface area (Å²) in [6.07, 6.45) is 7.76. The third-order valence-corrected chi connectivity index (χ3v) is 3.79. The lowest BCUT2D eigenvalue weighted by atomic mass is 9.90. The lowest BCUT2D eigenvalue weighted by Crippen LogP contribution is -2.17.